The molecule has 0 spiro atoms. The SMILES string of the molecule is Cc1cnc2c(Cl)c(C(=O)N3CC[C@H](n4nc(C)cc4C)C3)nn2c1. The molecule has 0 N–H and O–H groups in total. The van der Waals surface area contributed by atoms with E-state index in [-0.39, 0.29) is 17.6 Å². The zero-order valence-corrected chi connectivity index (χ0v) is 15.2. The van der Waals surface area contributed by atoms with Crippen LogP contribution in [0.4, 0.5) is 0 Å². The van der Waals surface area contributed by atoms with E-state index in [0.29, 0.717) is 23.8 Å². The first-order valence-corrected chi connectivity index (χ1v) is 8.64. The molecule has 0 saturated carbocycles. The standard InChI is InChI=1S/C17H19ClN6O/c1-10-7-19-16-14(18)15(21-23(16)8-10)17(25)22-5-4-13(9-22)24-12(3)6-11(2)20-24/h6-8,13H,4-5,9H2,1-3H3/t13-/m0/s1. The Morgan fingerprint density at radius 1 is 1.28 bits per heavy atom. The van der Waals surface area contributed by atoms with Crippen molar-refractivity contribution >= 4 is 23.2 Å². The summed E-state index contributed by atoms with van der Waals surface area (Å²) in [4.78, 5) is 19.0. The maximum atomic E-state index is 12.9. The van der Waals surface area contributed by atoms with Gasteiger partial charge in [0, 0.05) is 31.2 Å². The molecule has 0 aromatic carbocycles. The van der Waals surface area contributed by atoms with Crippen molar-refractivity contribution in [2.75, 3.05) is 13.1 Å². The van der Waals surface area contributed by atoms with Crippen molar-refractivity contribution < 1.29 is 4.79 Å². The third-order valence-corrected chi connectivity index (χ3v) is 4.94. The van der Waals surface area contributed by atoms with E-state index < -0.39 is 0 Å². The second-order valence-corrected chi connectivity index (χ2v) is 7.01. The number of amides is 1. The molecule has 1 amide bonds. The van der Waals surface area contributed by atoms with Crippen LogP contribution >= 0.6 is 11.6 Å². The van der Waals surface area contributed by atoms with Crippen molar-refractivity contribution in [2.24, 2.45) is 0 Å². The van der Waals surface area contributed by atoms with Crippen LogP contribution in [-0.4, -0.2) is 48.3 Å². The molecular weight excluding hydrogens is 340 g/mol. The summed E-state index contributed by atoms with van der Waals surface area (Å²) in [6, 6.07) is 2.24. The maximum absolute atomic E-state index is 12.9. The highest BCUT2D eigenvalue weighted by molar-refractivity contribution is 6.36. The number of likely N-dealkylation sites (tertiary alicyclic amines) is 1. The molecule has 0 bridgehead atoms. The predicted octanol–water partition coefficient (Wildman–Crippen LogP) is 2.59. The first kappa shape index (κ1) is 16.1. The lowest BCUT2D eigenvalue weighted by Crippen LogP contribution is -2.30. The van der Waals surface area contributed by atoms with E-state index in [1.54, 1.807) is 15.6 Å². The summed E-state index contributed by atoms with van der Waals surface area (Å²) < 4.78 is 3.58. The molecule has 0 unspecified atom stereocenters. The zero-order valence-electron chi connectivity index (χ0n) is 14.4. The van der Waals surface area contributed by atoms with Crippen molar-refractivity contribution in [1.82, 2.24) is 29.3 Å². The molecule has 1 aliphatic heterocycles. The average Bonchev–Trinajstić information content (AvgIpc) is 3.25. The van der Waals surface area contributed by atoms with Crippen LogP contribution in [0, 0.1) is 20.8 Å². The fourth-order valence-electron chi connectivity index (χ4n) is 3.43. The minimum Gasteiger partial charge on any atom is -0.335 e. The summed E-state index contributed by atoms with van der Waals surface area (Å²) in [5, 5.41) is 9.19. The van der Waals surface area contributed by atoms with Gasteiger partial charge in [-0.3, -0.25) is 9.48 Å². The zero-order chi connectivity index (χ0) is 17.7. The van der Waals surface area contributed by atoms with E-state index in [9.17, 15) is 4.79 Å². The normalized spacial score (nSPS) is 17.6. The molecule has 8 heteroatoms. The first-order valence-electron chi connectivity index (χ1n) is 8.26. The topological polar surface area (TPSA) is 68.3 Å². The molecule has 1 saturated heterocycles. The number of carbonyl (C=O) groups is 1. The fraction of sp³-hybridized carbons (Fsp3) is 0.412. The maximum Gasteiger partial charge on any atom is 0.276 e. The number of hydrogen-bond acceptors (Lipinski definition) is 4. The van der Waals surface area contributed by atoms with E-state index in [1.807, 2.05) is 31.6 Å². The van der Waals surface area contributed by atoms with Crippen LogP contribution < -0.4 is 0 Å². The van der Waals surface area contributed by atoms with Gasteiger partial charge in [-0.15, -0.1) is 0 Å². The second-order valence-electron chi connectivity index (χ2n) is 6.63. The van der Waals surface area contributed by atoms with Gasteiger partial charge in [-0.1, -0.05) is 11.6 Å². The van der Waals surface area contributed by atoms with Crippen LogP contribution in [0.3, 0.4) is 0 Å². The van der Waals surface area contributed by atoms with Gasteiger partial charge in [0.05, 0.1) is 11.7 Å². The molecule has 0 radical (unpaired) electrons. The Labute approximate surface area is 150 Å². The number of fused-ring (bicyclic) bond motifs is 1. The van der Waals surface area contributed by atoms with Crippen LogP contribution in [0.25, 0.3) is 5.65 Å². The number of hydrogen-bond donors (Lipinski definition) is 0. The largest absolute Gasteiger partial charge is 0.335 e. The minimum absolute atomic E-state index is 0.155. The summed E-state index contributed by atoms with van der Waals surface area (Å²) >= 11 is 6.35. The third kappa shape index (κ3) is 2.68. The number of aryl methyl sites for hydroxylation is 3. The summed E-state index contributed by atoms with van der Waals surface area (Å²) in [6.45, 7) is 7.21. The number of carbonyl (C=O) groups excluding carboxylic acids is 1. The summed E-state index contributed by atoms with van der Waals surface area (Å²) in [7, 11) is 0. The Bertz CT molecular complexity index is 975. The van der Waals surface area contributed by atoms with Crippen LogP contribution in [0.2, 0.25) is 5.02 Å². The number of halogens is 1. The molecule has 3 aromatic rings. The summed E-state index contributed by atoms with van der Waals surface area (Å²) in [6.07, 6.45) is 4.40. The predicted molar refractivity (Wildman–Crippen MR) is 94.0 cm³/mol. The van der Waals surface area contributed by atoms with Gasteiger partial charge in [0.2, 0.25) is 0 Å². The van der Waals surface area contributed by atoms with Gasteiger partial charge >= 0.3 is 0 Å². The Hall–Kier alpha value is -2.41. The second kappa shape index (κ2) is 5.84. The lowest BCUT2D eigenvalue weighted by molar-refractivity contribution is 0.0781. The molecule has 1 aliphatic rings. The van der Waals surface area contributed by atoms with E-state index in [2.05, 4.69) is 21.2 Å². The van der Waals surface area contributed by atoms with Gasteiger partial charge in [-0.25, -0.2) is 9.50 Å². The average molecular weight is 359 g/mol. The quantitative estimate of drug-likeness (QED) is 0.706. The van der Waals surface area contributed by atoms with Gasteiger partial charge in [0.15, 0.2) is 11.3 Å². The van der Waals surface area contributed by atoms with Gasteiger partial charge in [0.1, 0.15) is 5.02 Å². The van der Waals surface area contributed by atoms with Crippen molar-refractivity contribution in [3.05, 3.63) is 46.1 Å². The number of rotatable bonds is 2. The third-order valence-electron chi connectivity index (χ3n) is 4.59. The van der Waals surface area contributed by atoms with E-state index in [1.165, 1.54) is 0 Å². The van der Waals surface area contributed by atoms with Crippen LogP contribution in [-0.2, 0) is 0 Å². The Balaban J connectivity index is 1.60. The van der Waals surface area contributed by atoms with Crippen molar-refractivity contribution in [1.29, 1.82) is 0 Å². The Morgan fingerprint density at radius 3 is 2.80 bits per heavy atom. The molecule has 1 fully saturated rings. The minimum atomic E-state index is -0.155. The van der Waals surface area contributed by atoms with E-state index in [4.69, 9.17) is 11.6 Å². The molecule has 7 nitrogen and oxygen atoms in total. The van der Waals surface area contributed by atoms with Crippen molar-refractivity contribution in [3.8, 4) is 0 Å². The van der Waals surface area contributed by atoms with Gasteiger partial charge in [0.25, 0.3) is 5.91 Å². The Morgan fingerprint density at radius 2 is 2.08 bits per heavy atom. The highest BCUT2D eigenvalue weighted by Crippen LogP contribution is 2.27. The number of nitrogens with zero attached hydrogens (tertiary/aromatic N) is 6. The van der Waals surface area contributed by atoms with Crippen molar-refractivity contribution in [3.63, 3.8) is 0 Å². The molecule has 4 heterocycles. The monoisotopic (exact) mass is 358 g/mol. The van der Waals surface area contributed by atoms with E-state index >= 15 is 0 Å². The van der Waals surface area contributed by atoms with Gasteiger partial charge in [-0.2, -0.15) is 10.2 Å². The highest BCUT2D eigenvalue weighted by Gasteiger charge is 2.32. The van der Waals surface area contributed by atoms with Crippen LogP contribution in [0.1, 0.15) is 39.9 Å². The summed E-state index contributed by atoms with van der Waals surface area (Å²) in [5.41, 5.74) is 3.82. The summed E-state index contributed by atoms with van der Waals surface area (Å²) in [5.74, 6) is -0.155. The van der Waals surface area contributed by atoms with Gasteiger partial charge < -0.3 is 4.90 Å². The van der Waals surface area contributed by atoms with Crippen LogP contribution in [0.5, 0.6) is 0 Å². The lowest BCUT2D eigenvalue weighted by Gasteiger charge is -2.16. The lowest BCUT2D eigenvalue weighted by atomic mass is 10.2. The smallest absolute Gasteiger partial charge is 0.276 e. The number of aromatic nitrogens is 5. The van der Waals surface area contributed by atoms with Crippen molar-refractivity contribution in [2.45, 2.75) is 33.2 Å². The molecular formula is C17H19ClN6O. The molecule has 130 valence electrons. The van der Waals surface area contributed by atoms with Crippen LogP contribution in [0.15, 0.2) is 18.5 Å². The molecule has 1 atom stereocenters. The first-order chi connectivity index (χ1) is 11.9. The fourth-order valence-corrected chi connectivity index (χ4v) is 3.68. The van der Waals surface area contributed by atoms with E-state index in [0.717, 1.165) is 23.4 Å². The molecule has 3 aromatic heterocycles. The van der Waals surface area contributed by atoms with Gasteiger partial charge in [-0.05, 0) is 38.8 Å². The highest BCUT2D eigenvalue weighted by atomic mass is 35.5. The molecule has 4 rings (SSSR count). The molecule has 0 aliphatic carbocycles. The molecule has 25 heavy (non-hydrogen) atoms. The Kier molecular flexibility index (Phi) is 3.76.